The topological polar surface area (TPSA) is 28.2 Å². The predicted molar refractivity (Wildman–Crippen MR) is 87.3 cm³/mol. The van der Waals surface area contributed by atoms with Gasteiger partial charge in [0.15, 0.2) is 0 Å². The summed E-state index contributed by atoms with van der Waals surface area (Å²) in [6.45, 7) is 5.02. The number of aromatic nitrogens is 1. The highest BCUT2D eigenvalue weighted by atomic mass is 19.1. The van der Waals surface area contributed by atoms with Crippen LogP contribution < -0.4 is 5.32 Å². The first-order chi connectivity index (χ1) is 10.7. The second-order valence-corrected chi connectivity index (χ2v) is 6.00. The van der Waals surface area contributed by atoms with Gasteiger partial charge in [-0.05, 0) is 62.7 Å². The first-order valence-corrected chi connectivity index (χ1v) is 7.86. The van der Waals surface area contributed by atoms with Crippen molar-refractivity contribution in [3.63, 3.8) is 0 Å². The molecule has 3 nitrogen and oxygen atoms in total. The van der Waals surface area contributed by atoms with E-state index in [0.717, 1.165) is 43.1 Å². The SMILES string of the molecule is Cc1cccc(CN2CCC[C@H](Nc3ccc(F)cc3)C2)n1. The maximum absolute atomic E-state index is 13.0. The number of halogens is 1. The van der Waals surface area contributed by atoms with Crippen molar-refractivity contribution in [1.82, 2.24) is 9.88 Å². The van der Waals surface area contributed by atoms with Gasteiger partial charge in [-0.15, -0.1) is 0 Å². The normalized spacial score (nSPS) is 19.1. The Labute approximate surface area is 131 Å². The molecule has 1 saturated heterocycles. The Morgan fingerprint density at radius 1 is 1.23 bits per heavy atom. The van der Waals surface area contributed by atoms with Crippen molar-refractivity contribution >= 4 is 5.69 Å². The van der Waals surface area contributed by atoms with Crippen LogP contribution in [0.4, 0.5) is 10.1 Å². The van der Waals surface area contributed by atoms with Crippen LogP contribution in [-0.2, 0) is 6.54 Å². The highest BCUT2D eigenvalue weighted by Gasteiger charge is 2.20. The third kappa shape index (κ3) is 4.04. The molecule has 3 rings (SSSR count). The van der Waals surface area contributed by atoms with Gasteiger partial charge in [0, 0.05) is 30.5 Å². The first-order valence-electron chi connectivity index (χ1n) is 7.86. The molecule has 1 aromatic heterocycles. The van der Waals surface area contributed by atoms with Gasteiger partial charge in [0.2, 0.25) is 0 Å². The molecule has 0 radical (unpaired) electrons. The quantitative estimate of drug-likeness (QED) is 0.935. The standard InChI is InChI=1S/C18H22FN3/c1-14-4-2-5-17(20-14)12-22-11-3-6-18(13-22)21-16-9-7-15(19)8-10-16/h2,4-5,7-10,18,21H,3,6,11-13H2,1H3/t18-/m0/s1. The van der Waals surface area contributed by atoms with Gasteiger partial charge in [-0.2, -0.15) is 0 Å². The van der Waals surface area contributed by atoms with Crippen LogP contribution >= 0.6 is 0 Å². The maximum Gasteiger partial charge on any atom is 0.123 e. The average Bonchev–Trinajstić information content (AvgIpc) is 2.50. The summed E-state index contributed by atoms with van der Waals surface area (Å²) in [5, 5.41) is 3.51. The average molecular weight is 299 g/mol. The molecule has 1 aromatic carbocycles. The fourth-order valence-corrected chi connectivity index (χ4v) is 3.02. The van der Waals surface area contributed by atoms with Crippen LogP contribution in [0.15, 0.2) is 42.5 Å². The summed E-state index contributed by atoms with van der Waals surface area (Å²) in [5.41, 5.74) is 3.18. The van der Waals surface area contributed by atoms with E-state index < -0.39 is 0 Å². The van der Waals surface area contributed by atoms with Crippen LogP contribution in [0.25, 0.3) is 0 Å². The van der Waals surface area contributed by atoms with Crippen molar-refractivity contribution in [3.8, 4) is 0 Å². The Morgan fingerprint density at radius 2 is 2.05 bits per heavy atom. The zero-order valence-electron chi connectivity index (χ0n) is 12.9. The molecule has 1 aliphatic heterocycles. The molecule has 0 saturated carbocycles. The number of aryl methyl sites for hydroxylation is 1. The van der Waals surface area contributed by atoms with Gasteiger partial charge in [-0.3, -0.25) is 9.88 Å². The second kappa shape index (κ2) is 6.88. The van der Waals surface area contributed by atoms with Gasteiger partial charge in [0.05, 0.1) is 5.69 Å². The lowest BCUT2D eigenvalue weighted by Crippen LogP contribution is -2.41. The molecule has 4 heteroatoms. The fraction of sp³-hybridized carbons (Fsp3) is 0.389. The van der Waals surface area contributed by atoms with Gasteiger partial charge in [0.25, 0.3) is 0 Å². The highest BCUT2D eigenvalue weighted by Crippen LogP contribution is 2.18. The Balaban J connectivity index is 1.58. The monoisotopic (exact) mass is 299 g/mol. The van der Waals surface area contributed by atoms with Gasteiger partial charge in [-0.25, -0.2) is 4.39 Å². The van der Waals surface area contributed by atoms with E-state index in [1.165, 1.54) is 18.6 Å². The number of hydrogen-bond acceptors (Lipinski definition) is 3. The molecule has 0 spiro atoms. The Bertz CT molecular complexity index is 612. The minimum atomic E-state index is -0.193. The van der Waals surface area contributed by atoms with Gasteiger partial charge in [-0.1, -0.05) is 6.07 Å². The van der Waals surface area contributed by atoms with Crippen molar-refractivity contribution in [3.05, 3.63) is 59.7 Å². The third-order valence-electron chi connectivity index (χ3n) is 4.05. The van der Waals surface area contributed by atoms with Crippen LogP contribution in [0, 0.1) is 12.7 Å². The zero-order chi connectivity index (χ0) is 15.4. The molecule has 2 heterocycles. The maximum atomic E-state index is 13.0. The van der Waals surface area contributed by atoms with Crippen molar-refractivity contribution in [1.29, 1.82) is 0 Å². The van der Waals surface area contributed by atoms with E-state index in [0.29, 0.717) is 6.04 Å². The number of piperidine rings is 1. The van der Waals surface area contributed by atoms with Crippen LogP contribution in [0.3, 0.4) is 0 Å². The molecule has 0 aliphatic carbocycles. The van der Waals surface area contributed by atoms with E-state index in [2.05, 4.69) is 27.3 Å². The minimum absolute atomic E-state index is 0.193. The van der Waals surface area contributed by atoms with Gasteiger partial charge < -0.3 is 5.32 Å². The minimum Gasteiger partial charge on any atom is -0.381 e. The summed E-state index contributed by atoms with van der Waals surface area (Å²) >= 11 is 0. The van der Waals surface area contributed by atoms with Crippen LogP contribution in [0.2, 0.25) is 0 Å². The van der Waals surface area contributed by atoms with Gasteiger partial charge in [0.1, 0.15) is 5.82 Å². The lowest BCUT2D eigenvalue weighted by Gasteiger charge is -2.33. The number of nitrogens with zero attached hydrogens (tertiary/aromatic N) is 2. The summed E-state index contributed by atoms with van der Waals surface area (Å²) < 4.78 is 13.0. The van der Waals surface area contributed by atoms with E-state index in [9.17, 15) is 4.39 Å². The molecule has 1 fully saturated rings. The summed E-state index contributed by atoms with van der Waals surface area (Å²) in [6.07, 6.45) is 2.32. The van der Waals surface area contributed by atoms with Crippen LogP contribution in [0.5, 0.6) is 0 Å². The number of hydrogen-bond donors (Lipinski definition) is 1. The number of likely N-dealkylation sites (tertiary alicyclic amines) is 1. The van der Waals surface area contributed by atoms with Crippen molar-refractivity contribution in [2.45, 2.75) is 32.4 Å². The number of benzene rings is 1. The largest absolute Gasteiger partial charge is 0.381 e. The van der Waals surface area contributed by atoms with E-state index in [-0.39, 0.29) is 5.82 Å². The molecule has 0 bridgehead atoms. The second-order valence-electron chi connectivity index (χ2n) is 6.00. The molecule has 0 unspecified atom stereocenters. The van der Waals surface area contributed by atoms with Crippen LogP contribution in [-0.4, -0.2) is 29.0 Å². The number of rotatable bonds is 4. The zero-order valence-corrected chi connectivity index (χ0v) is 12.9. The van der Waals surface area contributed by atoms with Crippen molar-refractivity contribution in [2.24, 2.45) is 0 Å². The van der Waals surface area contributed by atoms with Gasteiger partial charge >= 0.3 is 0 Å². The molecule has 1 aliphatic rings. The summed E-state index contributed by atoms with van der Waals surface area (Å²) in [7, 11) is 0. The molecular formula is C18H22FN3. The van der Waals surface area contributed by atoms with Crippen LogP contribution in [0.1, 0.15) is 24.2 Å². The number of anilines is 1. The summed E-state index contributed by atoms with van der Waals surface area (Å²) in [5.74, 6) is -0.193. The molecular weight excluding hydrogens is 277 g/mol. The van der Waals surface area contributed by atoms with E-state index in [1.807, 2.05) is 13.0 Å². The lowest BCUT2D eigenvalue weighted by molar-refractivity contribution is 0.206. The summed E-state index contributed by atoms with van der Waals surface area (Å²) in [6, 6.07) is 13.2. The van der Waals surface area contributed by atoms with Crippen molar-refractivity contribution in [2.75, 3.05) is 18.4 Å². The Morgan fingerprint density at radius 3 is 2.82 bits per heavy atom. The first kappa shape index (κ1) is 15.0. The highest BCUT2D eigenvalue weighted by molar-refractivity contribution is 5.43. The Kier molecular flexibility index (Phi) is 4.68. The van der Waals surface area contributed by atoms with E-state index in [4.69, 9.17) is 0 Å². The molecule has 116 valence electrons. The molecule has 1 N–H and O–H groups in total. The van der Waals surface area contributed by atoms with E-state index in [1.54, 1.807) is 12.1 Å². The fourth-order valence-electron chi connectivity index (χ4n) is 3.02. The lowest BCUT2D eigenvalue weighted by atomic mass is 10.0. The number of nitrogens with one attached hydrogen (secondary N) is 1. The molecule has 1 atom stereocenters. The third-order valence-corrected chi connectivity index (χ3v) is 4.05. The summed E-state index contributed by atoms with van der Waals surface area (Å²) in [4.78, 5) is 7.02. The van der Waals surface area contributed by atoms with Crippen molar-refractivity contribution < 1.29 is 4.39 Å². The molecule has 22 heavy (non-hydrogen) atoms. The van der Waals surface area contributed by atoms with E-state index >= 15 is 0 Å². The Hall–Kier alpha value is -1.94. The number of pyridine rings is 1. The predicted octanol–water partition coefficient (Wildman–Crippen LogP) is 3.61. The smallest absolute Gasteiger partial charge is 0.123 e. The molecule has 2 aromatic rings. The molecule has 0 amide bonds.